The summed E-state index contributed by atoms with van der Waals surface area (Å²) in [5.74, 6) is 2.32. The molecule has 2 nitrogen and oxygen atoms in total. The minimum atomic E-state index is 0.0196. The second-order valence-corrected chi connectivity index (χ2v) is 6.02. The Morgan fingerprint density at radius 2 is 1.56 bits per heavy atom. The number of allylic oxidation sites excluding steroid dienone is 2. The van der Waals surface area contributed by atoms with E-state index in [2.05, 4.69) is 32.9 Å². The van der Waals surface area contributed by atoms with Crippen LogP contribution in [0.4, 0.5) is 0 Å². The molecular weight excluding hydrogens is 224 g/mol. The van der Waals surface area contributed by atoms with E-state index in [4.69, 9.17) is 9.47 Å². The average molecular weight is 254 g/mol. The molecule has 0 spiro atoms. The SMILES string of the molecule is CC1/C=C\CC(C)CCC1.CC1COC(C)OC1. The molecule has 18 heavy (non-hydrogen) atoms. The summed E-state index contributed by atoms with van der Waals surface area (Å²) in [6.45, 7) is 10.4. The van der Waals surface area contributed by atoms with E-state index in [0.29, 0.717) is 5.92 Å². The van der Waals surface area contributed by atoms with Gasteiger partial charge in [0.15, 0.2) is 6.29 Å². The van der Waals surface area contributed by atoms with Crippen molar-refractivity contribution in [2.24, 2.45) is 17.8 Å². The van der Waals surface area contributed by atoms with Gasteiger partial charge in [-0.2, -0.15) is 0 Å². The number of ether oxygens (including phenoxy) is 2. The maximum absolute atomic E-state index is 5.17. The molecule has 0 amide bonds. The van der Waals surface area contributed by atoms with Crippen LogP contribution in [0.25, 0.3) is 0 Å². The van der Waals surface area contributed by atoms with Crippen LogP contribution in [0.15, 0.2) is 12.2 Å². The third kappa shape index (κ3) is 7.17. The van der Waals surface area contributed by atoms with Crippen molar-refractivity contribution in [2.75, 3.05) is 13.2 Å². The van der Waals surface area contributed by atoms with Gasteiger partial charge in [0, 0.05) is 5.92 Å². The molecule has 1 aliphatic heterocycles. The molecule has 2 atom stereocenters. The first-order chi connectivity index (χ1) is 8.58. The minimum absolute atomic E-state index is 0.0196. The number of hydrogen-bond acceptors (Lipinski definition) is 2. The van der Waals surface area contributed by atoms with Crippen molar-refractivity contribution in [3.63, 3.8) is 0 Å². The van der Waals surface area contributed by atoms with E-state index in [-0.39, 0.29) is 6.29 Å². The fraction of sp³-hybridized carbons (Fsp3) is 0.875. The second-order valence-electron chi connectivity index (χ2n) is 6.02. The summed E-state index contributed by atoms with van der Waals surface area (Å²) in [7, 11) is 0. The van der Waals surface area contributed by atoms with Crippen LogP contribution >= 0.6 is 0 Å². The lowest BCUT2D eigenvalue weighted by atomic mass is 9.92. The Morgan fingerprint density at radius 3 is 2.17 bits per heavy atom. The number of rotatable bonds is 0. The molecule has 0 aromatic rings. The maximum Gasteiger partial charge on any atom is 0.154 e. The van der Waals surface area contributed by atoms with Crippen LogP contribution in [0, 0.1) is 17.8 Å². The highest BCUT2D eigenvalue weighted by Gasteiger charge is 2.13. The van der Waals surface area contributed by atoms with E-state index in [1.165, 1.54) is 25.7 Å². The third-order valence-corrected chi connectivity index (χ3v) is 3.59. The van der Waals surface area contributed by atoms with Crippen molar-refractivity contribution >= 4 is 0 Å². The zero-order valence-electron chi connectivity index (χ0n) is 12.5. The second kappa shape index (κ2) is 8.71. The summed E-state index contributed by atoms with van der Waals surface area (Å²) in [6, 6.07) is 0. The minimum Gasteiger partial charge on any atom is -0.353 e. The highest BCUT2D eigenvalue weighted by atomic mass is 16.7. The van der Waals surface area contributed by atoms with Crippen LogP contribution < -0.4 is 0 Å². The average Bonchev–Trinajstić information content (AvgIpc) is 2.31. The summed E-state index contributed by atoms with van der Waals surface area (Å²) in [5, 5.41) is 0. The Balaban J connectivity index is 0.000000184. The summed E-state index contributed by atoms with van der Waals surface area (Å²) in [4.78, 5) is 0. The highest BCUT2D eigenvalue weighted by Crippen LogP contribution is 2.20. The molecular formula is C16H30O2. The van der Waals surface area contributed by atoms with E-state index in [0.717, 1.165) is 25.0 Å². The monoisotopic (exact) mass is 254 g/mol. The van der Waals surface area contributed by atoms with Gasteiger partial charge in [0.2, 0.25) is 0 Å². The smallest absolute Gasteiger partial charge is 0.154 e. The zero-order chi connectivity index (χ0) is 13.4. The predicted molar refractivity (Wildman–Crippen MR) is 76.5 cm³/mol. The van der Waals surface area contributed by atoms with E-state index in [9.17, 15) is 0 Å². The van der Waals surface area contributed by atoms with Crippen molar-refractivity contribution < 1.29 is 9.47 Å². The van der Waals surface area contributed by atoms with Gasteiger partial charge in [-0.05, 0) is 31.6 Å². The van der Waals surface area contributed by atoms with Gasteiger partial charge in [0.1, 0.15) is 0 Å². The van der Waals surface area contributed by atoms with Crippen molar-refractivity contribution in [2.45, 2.75) is 59.7 Å². The lowest BCUT2D eigenvalue weighted by Gasteiger charge is -2.24. The Morgan fingerprint density at radius 1 is 0.889 bits per heavy atom. The molecule has 106 valence electrons. The first-order valence-corrected chi connectivity index (χ1v) is 7.47. The van der Waals surface area contributed by atoms with Gasteiger partial charge in [-0.1, -0.05) is 45.8 Å². The van der Waals surface area contributed by atoms with Crippen LogP contribution in [0.1, 0.15) is 53.4 Å². The molecule has 1 fully saturated rings. The lowest BCUT2D eigenvalue weighted by Crippen LogP contribution is -2.27. The fourth-order valence-electron chi connectivity index (χ4n) is 2.24. The van der Waals surface area contributed by atoms with Gasteiger partial charge in [0.05, 0.1) is 13.2 Å². The molecule has 2 heteroatoms. The van der Waals surface area contributed by atoms with Crippen molar-refractivity contribution in [3.8, 4) is 0 Å². The Hall–Kier alpha value is -0.340. The van der Waals surface area contributed by atoms with E-state index >= 15 is 0 Å². The normalized spacial score (nSPS) is 38.9. The highest BCUT2D eigenvalue weighted by molar-refractivity contribution is 4.89. The van der Waals surface area contributed by atoms with Crippen LogP contribution in [-0.2, 0) is 9.47 Å². The van der Waals surface area contributed by atoms with E-state index in [1.807, 2.05) is 6.92 Å². The first kappa shape index (κ1) is 15.7. The Kier molecular flexibility index (Phi) is 7.60. The number of hydrogen-bond donors (Lipinski definition) is 0. The topological polar surface area (TPSA) is 18.5 Å². The van der Waals surface area contributed by atoms with Crippen LogP contribution in [0.2, 0.25) is 0 Å². The molecule has 2 unspecified atom stereocenters. The molecule has 2 aliphatic rings. The molecule has 1 heterocycles. The quantitative estimate of drug-likeness (QED) is 0.596. The molecule has 0 aromatic carbocycles. The molecule has 1 saturated heterocycles. The van der Waals surface area contributed by atoms with E-state index in [1.54, 1.807) is 0 Å². The molecule has 0 saturated carbocycles. The summed E-state index contributed by atoms with van der Waals surface area (Å²) >= 11 is 0. The van der Waals surface area contributed by atoms with Gasteiger partial charge in [0.25, 0.3) is 0 Å². The summed E-state index contributed by atoms with van der Waals surface area (Å²) in [6.07, 6.45) is 10.3. The largest absolute Gasteiger partial charge is 0.353 e. The van der Waals surface area contributed by atoms with Crippen LogP contribution in [0.5, 0.6) is 0 Å². The zero-order valence-corrected chi connectivity index (χ0v) is 12.5. The van der Waals surface area contributed by atoms with Gasteiger partial charge in [-0.15, -0.1) is 0 Å². The Bertz CT molecular complexity index is 219. The van der Waals surface area contributed by atoms with E-state index < -0.39 is 0 Å². The summed E-state index contributed by atoms with van der Waals surface area (Å²) < 4.78 is 10.3. The molecule has 2 rings (SSSR count). The standard InChI is InChI=1S/C10H18.C6H12O2/c1-9-5-3-7-10(2)8-4-6-9;1-5-3-7-6(2)8-4-5/h3,5,9-10H,4,6-8H2,1-2H3;5-6H,3-4H2,1-2H3/b5-3-;. The van der Waals surface area contributed by atoms with Crippen molar-refractivity contribution in [3.05, 3.63) is 12.2 Å². The van der Waals surface area contributed by atoms with Crippen LogP contribution in [0.3, 0.4) is 0 Å². The molecule has 0 bridgehead atoms. The van der Waals surface area contributed by atoms with Gasteiger partial charge in [-0.3, -0.25) is 0 Å². The third-order valence-electron chi connectivity index (χ3n) is 3.59. The Labute approximate surface area is 113 Å². The predicted octanol–water partition coefficient (Wildman–Crippen LogP) is 4.40. The van der Waals surface area contributed by atoms with Crippen LogP contribution in [-0.4, -0.2) is 19.5 Å². The lowest BCUT2D eigenvalue weighted by molar-refractivity contribution is -0.187. The molecule has 0 N–H and O–H groups in total. The first-order valence-electron chi connectivity index (χ1n) is 7.47. The molecule has 1 aliphatic carbocycles. The summed E-state index contributed by atoms with van der Waals surface area (Å²) in [5.41, 5.74) is 0. The van der Waals surface area contributed by atoms with Gasteiger partial charge < -0.3 is 9.47 Å². The van der Waals surface area contributed by atoms with Crippen molar-refractivity contribution in [1.29, 1.82) is 0 Å². The van der Waals surface area contributed by atoms with Gasteiger partial charge >= 0.3 is 0 Å². The van der Waals surface area contributed by atoms with Crippen molar-refractivity contribution in [1.82, 2.24) is 0 Å². The van der Waals surface area contributed by atoms with Gasteiger partial charge in [-0.25, -0.2) is 0 Å². The molecule has 0 aromatic heterocycles. The maximum atomic E-state index is 5.17. The molecule has 0 radical (unpaired) electrons. The fourth-order valence-corrected chi connectivity index (χ4v) is 2.24.